The van der Waals surface area contributed by atoms with Gasteiger partial charge in [0.05, 0.1) is 0 Å². The molecule has 16 heteroatoms. The van der Waals surface area contributed by atoms with Crippen molar-refractivity contribution in [2.75, 3.05) is 26.2 Å². The molecule has 1 aliphatic heterocycles. The summed E-state index contributed by atoms with van der Waals surface area (Å²) in [4.78, 5) is 1.81. The van der Waals surface area contributed by atoms with Crippen LogP contribution in [-0.2, 0) is 32.9 Å². The standard InChI is InChI=1S/C32H32N8O6S2/c1-3-21-17-27(39-33-23-9-5-6-10-24(23)34-39)31(41)29(19-21)47(43,44)37-13-15-38(16-14-37)48(45,46)30-20-22(4-2)18-28(32(30)42)40-35-25-11-7-8-12-26(25)36-40/h5-12,17-20,41-42H,3-4,13-16H2,1-2H3. The third-order valence-electron chi connectivity index (χ3n) is 8.48. The number of aromatic nitrogens is 6. The number of hydrogen-bond donors (Lipinski definition) is 2. The van der Waals surface area contributed by atoms with Crippen LogP contribution in [0.15, 0.2) is 82.6 Å². The van der Waals surface area contributed by atoms with Gasteiger partial charge in [-0.05, 0) is 72.5 Å². The first-order valence-electron chi connectivity index (χ1n) is 15.4. The zero-order valence-electron chi connectivity index (χ0n) is 26.1. The summed E-state index contributed by atoms with van der Waals surface area (Å²) in [7, 11) is -8.54. The van der Waals surface area contributed by atoms with Gasteiger partial charge in [0, 0.05) is 26.2 Å². The summed E-state index contributed by atoms with van der Waals surface area (Å²) in [5, 5.41) is 40.2. The largest absolute Gasteiger partial charge is 0.504 e. The molecule has 14 nitrogen and oxygen atoms in total. The van der Waals surface area contributed by atoms with Crippen LogP contribution in [0.25, 0.3) is 33.4 Å². The zero-order chi connectivity index (χ0) is 33.8. The fourth-order valence-corrected chi connectivity index (χ4v) is 8.91. The molecule has 48 heavy (non-hydrogen) atoms. The maximum atomic E-state index is 14.0. The van der Waals surface area contributed by atoms with E-state index in [0.29, 0.717) is 46.0 Å². The second kappa shape index (κ2) is 12.0. The molecule has 6 aromatic rings. The summed E-state index contributed by atoms with van der Waals surface area (Å²) in [6.45, 7) is 3.02. The van der Waals surface area contributed by atoms with Crippen LogP contribution in [0.4, 0.5) is 0 Å². The lowest BCUT2D eigenvalue weighted by molar-refractivity contribution is 0.271. The van der Waals surface area contributed by atoms with E-state index in [2.05, 4.69) is 20.4 Å². The molecule has 0 unspecified atom stereocenters. The van der Waals surface area contributed by atoms with Gasteiger partial charge in [-0.3, -0.25) is 0 Å². The molecule has 2 aromatic heterocycles. The predicted molar refractivity (Wildman–Crippen MR) is 177 cm³/mol. The van der Waals surface area contributed by atoms with Crippen molar-refractivity contribution in [2.45, 2.75) is 36.5 Å². The van der Waals surface area contributed by atoms with Crippen LogP contribution in [0.1, 0.15) is 25.0 Å². The highest BCUT2D eigenvalue weighted by Crippen LogP contribution is 2.36. The number of benzene rings is 4. The van der Waals surface area contributed by atoms with E-state index >= 15 is 0 Å². The van der Waals surface area contributed by atoms with Gasteiger partial charge in [0.2, 0.25) is 20.0 Å². The smallest absolute Gasteiger partial charge is 0.246 e. The minimum absolute atomic E-state index is 0.118. The molecule has 1 fully saturated rings. The molecule has 0 radical (unpaired) electrons. The lowest BCUT2D eigenvalue weighted by atomic mass is 10.1. The van der Waals surface area contributed by atoms with Gasteiger partial charge in [-0.2, -0.15) is 8.61 Å². The van der Waals surface area contributed by atoms with Crippen molar-refractivity contribution in [3.63, 3.8) is 0 Å². The Bertz CT molecular complexity index is 2180. The van der Waals surface area contributed by atoms with Crippen LogP contribution in [0.2, 0.25) is 0 Å². The topological polar surface area (TPSA) is 177 Å². The Morgan fingerprint density at radius 3 is 1.17 bits per heavy atom. The lowest BCUT2D eigenvalue weighted by Gasteiger charge is -2.33. The number of hydrogen-bond acceptors (Lipinski definition) is 10. The first kappa shape index (κ1) is 31.7. The average Bonchev–Trinajstić information content (AvgIpc) is 3.73. The quantitative estimate of drug-likeness (QED) is 0.241. The Morgan fingerprint density at radius 1 is 0.562 bits per heavy atom. The fraction of sp³-hybridized carbons (Fsp3) is 0.250. The summed E-state index contributed by atoms with van der Waals surface area (Å²) in [5.74, 6) is -1.01. The molecule has 0 aliphatic carbocycles. The first-order valence-corrected chi connectivity index (χ1v) is 18.3. The summed E-state index contributed by atoms with van der Waals surface area (Å²) < 4.78 is 58.2. The highest BCUT2D eigenvalue weighted by atomic mass is 32.2. The van der Waals surface area contributed by atoms with Crippen LogP contribution >= 0.6 is 0 Å². The second-order valence-electron chi connectivity index (χ2n) is 11.4. The third kappa shape index (κ3) is 5.35. The minimum atomic E-state index is -4.27. The van der Waals surface area contributed by atoms with Crippen molar-refractivity contribution in [1.29, 1.82) is 0 Å². The Kier molecular flexibility index (Phi) is 7.90. The van der Waals surface area contributed by atoms with Crippen LogP contribution in [0, 0.1) is 0 Å². The molecule has 2 N–H and O–H groups in total. The van der Waals surface area contributed by atoms with E-state index in [1.807, 2.05) is 13.8 Å². The van der Waals surface area contributed by atoms with Crippen molar-refractivity contribution in [1.82, 2.24) is 38.6 Å². The molecular weight excluding hydrogens is 657 g/mol. The van der Waals surface area contributed by atoms with E-state index in [1.165, 1.54) is 21.7 Å². The van der Waals surface area contributed by atoms with Gasteiger partial charge >= 0.3 is 0 Å². The maximum Gasteiger partial charge on any atom is 0.246 e. The zero-order valence-corrected chi connectivity index (χ0v) is 27.7. The van der Waals surface area contributed by atoms with Crippen molar-refractivity contribution in [3.8, 4) is 22.9 Å². The first-order chi connectivity index (χ1) is 23.0. The highest BCUT2D eigenvalue weighted by Gasteiger charge is 2.37. The minimum Gasteiger partial charge on any atom is -0.504 e. The number of phenolic OH excluding ortho intramolecular Hbond substituents is 2. The third-order valence-corrected chi connectivity index (χ3v) is 12.3. The highest BCUT2D eigenvalue weighted by molar-refractivity contribution is 7.89. The summed E-state index contributed by atoms with van der Waals surface area (Å²) in [6.07, 6.45) is 0.962. The van der Waals surface area contributed by atoms with E-state index in [-0.39, 0.29) is 47.3 Å². The van der Waals surface area contributed by atoms with Crippen molar-refractivity contribution >= 4 is 42.1 Å². The second-order valence-corrected chi connectivity index (χ2v) is 15.2. The molecule has 0 amide bonds. The van der Waals surface area contributed by atoms with Crippen molar-refractivity contribution < 1.29 is 27.0 Å². The molecule has 1 saturated heterocycles. The SMILES string of the molecule is CCc1cc(-n2nc3ccccc3n2)c(O)c(S(=O)(=O)N2CCN(S(=O)(=O)c3cc(CC)cc(-n4nc5ccccc5n4)c3O)CC2)c1. The fourth-order valence-electron chi connectivity index (χ4n) is 5.77. The van der Waals surface area contributed by atoms with Crippen molar-refractivity contribution in [3.05, 3.63) is 83.9 Å². The van der Waals surface area contributed by atoms with E-state index < -0.39 is 31.5 Å². The molecule has 248 valence electrons. The molecule has 7 rings (SSSR count). The maximum absolute atomic E-state index is 14.0. The molecule has 1 aliphatic rings. The number of aromatic hydroxyl groups is 2. The number of nitrogens with zero attached hydrogens (tertiary/aromatic N) is 8. The monoisotopic (exact) mass is 688 g/mol. The summed E-state index contributed by atoms with van der Waals surface area (Å²) in [5.41, 5.74) is 3.85. The summed E-state index contributed by atoms with van der Waals surface area (Å²) >= 11 is 0. The van der Waals surface area contributed by atoms with Gasteiger partial charge in [-0.1, -0.05) is 38.1 Å². The average molecular weight is 689 g/mol. The van der Waals surface area contributed by atoms with Gasteiger partial charge in [-0.15, -0.1) is 30.0 Å². The Labute approximate surface area is 276 Å². The van der Waals surface area contributed by atoms with Gasteiger partial charge < -0.3 is 10.2 Å². The normalized spacial score (nSPS) is 15.0. The van der Waals surface area contributed by atoms with Gasteiger partial charge in [0.1, 0.15) is 43.2 Å². The number of phenols is 2. The molecule has 0 spiro atoms. The van der Waals surface area contributed by atoms with Crippen LogP contribution in [-0.4, -0.2) is 91.8 Å². The molecule has 0 atom stereocenters. The number of rotatable bonds is 8. The number of aryl methyl sites for hydroxylation is 2. The Balaban J connectivity index is 1.18. The molecule has 4 aromatic carbocycles. The number of piperazine rings is 1. The molecular formula is C32H32N8O6S2. The lowest BCUT2D eigenvalue weighted by Crippen LogP contribution is -2.50. The van der Waals surface area contributed by atoms with E-state index in [4.69, 9.17) is 0 Å². The summed E-state index contributed by atoms with van der Waals surface area (Å²) in [6, 6.07) is 20.4. The number of fused-ring (bicyclic) bond motifs is 2. The molecule has 3 heterocycles. The molecule has 0 saturated carbocycles. The van der Waals surface area contributed by atoms with E-state index in [9.17, 15) is 27.0 Å². The van der Waals surface area contributed by atoms with E-state index in [0.717, 1.165) is 8.61 Å². The van der Waals surface area contributed by atoms with Gasteiger partial charge in [0.15, 0.2) is 11.5 Å². The number of sulfonamides is 2. The van der Waals surface area contributed by atoms with Crippen LogP contribution in [0.3, 0.4) is 0 Å². The van der Waals surface area contributed by atoms with Crippen LogP contribution < -0.4 is 0 Å². The van der Waals surface area contributed by atoms with Gasteiger partial charge in [0.25, 0.3) is 0 Å². The van der Waals surface area contributed by atoms with Gasteiger partial charge in [-0.25, -0.2) is 16.8 Å². The predicted octanol–water partition coefficient (Wildman–Crippen LogP) is 3.39. The Morgan fingerprint density at radius 2 is 0.875 bits per heavy atom. The van der Waals surface area contributed by atoms with Crippen LogP contribution in [0.5, 0.6) is 11.5 Å². The van der Waals surface area contributed by atoms with Crippen molar-refractivity contribution in [2.24, 2.45) is 0 Å². The Hall–Kier alpha value is -4.90. The molecule has 0 bridgehead atoms. The van der Waals surface area contributed by atoms with E-state index in [1.54, 1.807) is 60.7 Å².